The van der Waals surface area contributed by atoms with E-state index in [1.54, 1.807) is 17.4 Å². The van der Waals surface area contributed by atoms with E-state index in [4.69, 9.17) is 0 Å². The van der Waals surface area contributed by atoms with Crippen LogP contribution in [0.15, 0.2) is 34.1 Å². The van der Waals surface area contributed by atoms with E-state index in [-0.39, 0.29) is 11.9 Å². The average molecular weight is 328 g/mol. The van der Waals surface area contributed by atoms with E-state index in [0.717, 1.165) is 22.0 Å². The van der Waals surface area contributed by atoms with Gasteiger partial charge in [-0.05, 0) is 47.6 Å². The summed E-state index contributed by atoms with van der Waals surface area (Å²) in [5.41, 5.74) is 1.68. The van der Waals surface area contributed by atoms with Crippen LogP contribution in [0.1, 0.15) is 22.0 Å². The first-order valence-electron chi connectivity index (χ1n) is 5.76. The molecule has 0 saturated carbocycles. The van der Waals surface area contributed by atoms with Gasteiger partial charge in [-0.25, -0.2) is 4.39 Å². The third-order valence-electron chi connectivity index (χ3n) is 2.91. The summed E-state index contributed by atoms with van der Waals surface area (Å²) in [5.74, 6) is -0.134. The number of hydrogen-bond donors (Lipinski definition) is 1. The van der Waals surface area contributed by atoms with Crippen LogP contribution in [0.3, 0.4) is 0 Å². The van der Waals surface area contributed by atoms with Gasteiger partial charge in [0, 0.05) is 32.8 Å². The summed E-state index contributed by atoms with van der Waals surface area (Å²) in [6, 6.07) is 7.50. The summed E-state index contributed by atoms with van der Waals surface area (Å²) in [4.78, 5) is 1.24. The highest BCUT2D eigenvalue weighted by molar-refractivity contribution is 9.10. The Bertz CT molecular complexity index is 538. The lowest BCUT2D eigenvalue weighted by Crippen LogP contribution is -2.19. The maximum atomic E-state index is 13.9. The lowest BCUT2D eigenvalue weighted by Gasteiger charge is -2.17. The van der Waals surface area contributed by atoms with Crippen molar-refractivity contribution in [1.82, 2.24) is 5.32 Å². The van der Waals surface area contributed by atoms with Gasteiger partial charge in [-0.2, -0.15) is 0 Å². The van der Waals surface area contributed by atoms with Gasteiger partial charge in [0.15, 0.2) is 0 Å². The van der Waals surface area contributed by atoms with E-state index >= 15 is 0 Å². The summed E-state index contributed by atoms with van der Waals surface area (Å²) in [7, 11) is 1.87. The highest BCUT2D eigenvalue weighted by atomic mass is 79.9. The van der Waals surface area contributed by atoms with Crippen LogP contribution in [0.2, 0.25) is 0 Å². The van der Waals surface area contributed by atoms with E-state index in [1.165, 1.54) is 4.88 Å². The van der Waals surface area contributed by atoms with Crippen molar-refractivity contribution < 1.29 is 4.39 Å². The minimum Gasteiger partial charge on any atom is -0.313 e. The molecule has 2 aromatic rings. The number of hydrogen-bond acceptors (Lipinski definition) is 2. The molecule has 1 atom stereocenters. The third kappa shape index (κ3) is 3.19. The first-order chi connectivity index (χ1) is 8.60. The number of halogens is 2. The van der Waals surface area contributed by atoms with E-state index in [9.17, 15) is 4.39 Å². The summed E-state index contributed by atoms with van der Waals surface area (Å²) < 4.78 is 15.0. The van der Waals surface area contributed by atoms with Crippen molar-refractivity contribution in [3.63, 3.8) is 0 Å². The molecular weight excluding hydrogens is 313 g/mol. The molecule has 1 aromatic heterocycles. The molecule has 0 aliphatic heterocycles. The molecule has 18 heavy (non-hydrogen) atoms. The van der Waals surface area contributed by atoms with Crippen LogP contribution in [0.5, 0.6) is 0 Å². The van der Waals surface area contributed by atoms with Crippen molar-refractivity contribution in [3.05, 3.63) is 55.9 Å². The molecule has 1 N–H and O–H groups in total. The van der Waals surface area contributed by atoms with Crippen molar-refractivity contribution in [2.75, 3.05) is 7.05 Å². The van der Waals surface area contributed by atoms with Crippen LogP contribution in [0.4, 0.5) is 4.39 Å². The van der Waals surface area contributed by atoms with Gasteiger partial charge in [0.25, 0.3) is 0 Å². The molecule has 1 heterocycles. The SMILES string of the molecule is CNC(Cc1cc(Br)cs1)c1ccc(C)cc1F. The molecule has 0 fully saturated rings. The molecule has 0 radical (unpaired) electrons. The second kappa shape index (κ2) is 5.95. The predicted molar refractivity (Wildman–Crippen MR) is 78.7 cm³/mol. The van der Waals surface area contributed by atoms with Crippen molar-refractivity contribution in [2.45, 2.75) is 19.4 Å². The van der Waals surface area contributed by atoms with Gasteiger partial charge in [0.1, 0.15) is 5.82 Å². The van der Waals surface area contributed by atoms with Gasteiger partial charge in [-0.3, -0.25) is 0 Å². The largest absolute Gasteiger partial charge is 0.313 e. The molecule has 0 aliphatic carbocycles. The van der Waals surface area contributed by atoms with E-state index < -0.39 is 0 Å². The quantitative estimate of drug-likeness (QED) is 0.874. The molecule has 2 rings (SSSR count). The van der Waals surface area contributed by atoms with Crippen molar-refractivity contribution >= 4 is 27.3 Å². The van der Waals surface area contributed by atoms with Crippen LogP contribution < -0.4 is 5.32 Å². The van der Waals surface area contributed by atoms with Gasteiger partial charge in [0.2, 0.25) is 0 Å². The molecular formula is C14H15BrFNS. The topological polar surface area (TPSA) is 12.0 Å². The minimum atomic E-state index is -0.134. The van der Waals surface area contributed by atoms with Crippen LogP contribution in [0, 0.1) is 12.7 Å². The summed E-state index contributed by atoms with van der Waals surface area (Å²) in [6.07, 6.45) is 0.798. The maximum Gasteiger partial charge on any atom is 0.128 e. The van der Waals surface area contributed by atoms with Crippen molar-refractivity contribution in [1.29, 1.82) is 0 Å². The maximum absolute atomic E-state index is 13.9. The van der Waals surface area contributed by atoms with Crippen LogP contribution >= 0.6 is 27.3 Å². The minimum absolute atomic E-state index is 0.0103. The fraction of sp³-hybridized carbons (Fsp3) is 0.286. The van der Waals surface area contributed by atoms with Crippen LogP contribution in [-0.4, -0.2) is 7.05 Å². The smallest absolute Gasteiger partial charge is 0.128 e. The number of aryl methyl sites for hydroxylation is 1. The molecule has 0 spiro atoms. The summed E-state index contributed by atoms with van der Waals surface area (Å²) in [5, 5.41) is 5.24. The lowest BCUT2D eigenvalue weighted by molar-refractivity contribution is 0.535. The van der Waals surface area contributed by atoms with E-state index in [1.807, 2.05) is 31.5 Å². The molecule has 0 aliphatic rings. The fourth-order valence-corrected chi connectivity index (χ4v) is 3.44. The Labute approximate surface area is 119 Å². The van der Waals surface area contributed by atoms with Crippen LogP contribution in [-0.2, 0) is 6.42 Å². The average Bonchev–Trinajstić information content (AvgIpc) is 2.72. The Morgan fingerprint density at radius 3 is 2.72 bits per heavy atom. The Kier molecular flexibility index (Phi) is 4.54. The number of benzene rings is 1. The van der Waals surface area contributed by atoms with Gasteiger partial charge in [-0.1, -0.05) is 12.1 Å². The number of rotatable bonds is 4. The third-order valence-corrected chi connectivity index (χ3v) is 4.63. The fourth-order valence-electron chi connectivity index (χ4n) is 1.94. The first kappa shape index (κ1) is 13.7. The van der Waals surface area contributed by atoms with E-state index in [0.29, 0.717) is 0 Å². The number of thiophene rings is 1. The lowest BCUT2D eigenvalue weighted by atomic mass is 10.0. The molecule has 4 heteroatoms. The van der Waals surface area contributed by atoms with Gasteiger partial charge in [0.05, 0.1) is 0 Å². The number of nitrogens with one attached hydrogen (secondary N) is 1. The van der Waals surface area contributed by atoms with Gasteiger partial charge < -0.3 is 5.32 Å². The molecule has 1 unspecified atom stereocenters. The molecule has 0 amide bonds. The highest BCUT2D eigenvalue weighted by Crippen LogP contribution is 2.27. The van der Waals surface area contributed by atoms with Crippen molar-refractivity contribution in [2.24, 2.45) is 0 Å². The molecule has 1 aromatic carbocycles. The summed E-state index contributed by atoms with van der Waals surface area (Å²) >= 11 is 5.13. The summed E-state index contributed by atoms with van der Waals surface area (Å²) in [6.45, 7) is 1.90. The molecule has 0 bridgehead atoms. The second-order valence-corrected chi connectivity index (χ2v) is 6.21. The Morgan fingerprint density at radius 1 is 1.39 bits per heavy atom. The molecule has 0 saturated heterocycles. The van der Waals surface area contributed by atoms with Crippen molar-refractivity contribution in [3.8, 4) is 0 Å². The Hall–Kier alpha value is -0.710. The normalized spacial score (nSPS) is 12.7. The van der Waals surface area contributed by atoms with Gasteiger partial charge in [-0.15, -0.1) is 11.3 Å². The standard InChI is InChI=1S/C14H15BrFNS/c1-9-3-4-12(13(16)5-9)14(17-2)7-11-6-10(15)8-18-11/h3-6,8,14,17H,7H2,1-2H3. The zero-order valence-corrected chi connectivity index (χ0v) is 12.7. The Morgan fingerprint density at radius 2 is 2.17 bits per heavy atom. The monoisotopic (exact) mass is 327 g/mol. The molecule has 96 valence electrons. The zero-order valence-electron chi connectivity index (χ0n) is 10.3. The van der Waals surface area contributed by atoms with Gasteiger partial charge >= 0.3 is 0 Å². The first-order valence-corrected chi connectivity index (χ1v) is 7.43. The Balaban J connectivity index is 2.22. The molecule has 1 nitrogen and oxygen atoms in total. The van der Waals surface area contributed by atoms with Crippen LogP contribution in [0.25, 0.3) is 0 Å². The zero-order chi connectivity index (χ0) is 13.1. The predicted octanol–water partition coefficient (Wildman–Crippen LogP) is 4.46. The van der Waals surface area contributed by atoms with E-state index in [2.05, 4.69) is 27.3 Å². The highest BCUT2D eigenvalue weighted by Gasteiger charge is 2.15. The second-order valence-electron chi connectivity index (χ2n) is 4.30. The number of likely N-dealkylation sites (N-methyl/N-ethyl adjacent to an activating group) is 1.